The van der Waals surface area contributed by atoms with Crippen molar-refractivity contribution >= 4 is 53.2 Å². The predicted molar refractivity (Wildman–Crippen MR) is 72.7 cm³/mol. The van der Waals surface area contributed by atoms with Crippen LogP contribution in [-0.2, 0) is 10.0 Å². The van der Waals surface area contributed by atoms with Crippen molar-refractivity contribution in [1.82, 2.24) is 4.31 Å². The number of piperidine rings is 1. The highest BCUT2D eigenvalue weighted by molar-refractivity contribution is 9.10. The molecule has 1 fully saturated rings. The molecule has 7 heteroatoms. The van der Waals surface area contributed by atoms with Crippen molar-refractivity contribution in [2.24, 2.45) is 0 Å². The molecule has 1 aromatic heterocycles. The summed E-state index contributed by atoms with van der Waals surface area (Å²) >= 11 is 8.06. The SMILES string of the molecule is O=S(=O)(c1sccc1Br)N1CCC(Br)CC1. The molecule has 1 saturated heterocycles. The van der Waals surface area contributed by atoms with Crippen LogP contribution in [0, 0.1) is 0 Å². The second kappa shape index (κ2) is 5.06. The number of thiophene rings is 1. The van der Waals surface area contributed by atoms with Crippen molar-refractivity contribution in [3.8, 4) is 0 Å². The lowest BCUT2D eigenvalue weighted by Crippen LogP contribution is -2.38. The smallest absolute Gasteiger partial charge is 0.206 e. The number of hydrogen-bond donors (Lipinski definition) is 0. The number of nitrogens with zero attached hydrogens (tertiary/aromatic N) is 1. The van der Waals surface area contributed by atoms with E-state index in [0.29, 0.717) is 26.6 Å². The Labute approximate surface area is 116 Å². The molecule has 2 rings (SSSR count). The van der Waals surface area contributed by atoms with Gasteiger partial charge in [0.1, 0.15) is 4.21 Å². The Balaban J connectivity index is 2.23. The molecule has 0 atom stereocenters. The molecule has 0 amide bonds. The lowest BCUT2D eigenvalue weighted by atomic mass is 10.2. The first kappa shape index (κ1) is 13.0. The van der Waals surface area contributed by atoms with Crippen LogP contribution in [0.15, 0.2) is 20.1 Å². The van der Waals surface area contributed by atoms with Crippen molar-refractivity contribution < 1.29 is 8.42 Å². The molecular weight excluding hydrogens is 378 g/mol. The zero-order chi connectivity index (χ0) is 11.8. The fourth-order valence-electron chi connectivity index (χ4n) is 1.65. The van der Waals surface area contributed by atoms with Crippen LogP contribution in [0.4, 0.5) is 0 Å². The standard InChI is InChI=1S/C9H11Br2NO2S2/c10-7-1-4-12(5-2-7)16(13,14)9-8(11)3-6-15-9/h3,6-7H,1-2,4-5H2. The third kappa shape index (κ3) is 2.53. The lowest BCUT2D eigenvalue weighted by Gasteiger charge is -2.28. The van der Waals surface area contributed by atoms with E-state index in [0.717, 1.165) is 12.8 Å². The molecule has 3 nitrogen and oxygen atoms in total. The topological polar surface area (TPSA) is 37.4 Å². The van der Waals surface area contributed by atoms with Crippen LogP contribution in [0.25, 0.3) is 0 Å². The fraction of sp³-hybridized carbons (Fsp3) is 0.556. The summed E-state index contributed by atoms with van der Waals surface area (Å²) in [5.41, 5.74) is 0. The van der Waals surface area contributed by atoms with Gasteiger partial charge in [-0.15, -0.1) is 11.3 Å². The van der Waals surface area contributed by atoms with Crippen molar-refractivity contribution in [3.05, 3.63) is 15.9 Å². The van der Waals surface area contributed by atoms with E-state index >= 15 is 0 Å². The van der Waals surface area contributed by atoms with E-state index in [4.69, 9.17) is 0 Å². The van der Waals surface area contributed by atoms with Gasteiger partial charge in [0.2, 0.25) is 0 Å². The molecule has 1 aliphatic heterocycles. The van der Waals surface area contributed by atoms with E-state index in [-0.39, 0.29) is 0 Å². The Kier molecular flexibility index (Phi) is 4.11. The Bertz CT molecular complexity index is 464. The first-order valence-electron chi connectivity index (χ1n) is 4.89. The van der Waals surface area contributed by atoms with Crippen molar-refractivity contribution in [3.63, 3.8) is 0 Å². The highest BCUT2D eigenvalue weighted by Crippen LogP contribution is 2.32. The summed E-state index contributed by atoms with van der Waals surface area (Å²) in [5.74, 6) is 0. The molecule has 0 spiro atoms. The zero-order valence-corrected chi connectivity index (χ0v) is 13.2. The molecule has 0 unspecified atom stereocenters. The van der Waals surface area contributed by atoms with Gasteiger partial charge in [0, 0.05) is 22.4 Å². The number of halogens is 2. The molecule has 1 aliphatic rings. The van der Waals surface area contributed by atoms with Gasteiger partial charge >= 0.3 is 0 Å². The van der Waals surface area contributed by atoms with Gasteiger partial charge in [-0.25, -0.2) is 8.42 Å². The number of rotatable bonds is 2. The van der Waals surface area contributed by atoms with E-state index in [2.05, 4.69) is 31.9 Å². The molecule has 2 heterocycles. The number of alkyl halides is 1. The third-order valence-corrected chi connectivity index (χ3v) is 8.00. The van der Waals surface area contributed by atoms with Crippen LogP contribution < -0.4 is 0 Å². The van der Waals surface area contributed by atoms with Gasteiger partial charge < -0.3 is 0 Å². The maximum atomic E-state index is 12.3. The monoisotopic (exact) mass is 387 g/mol. The second-order valence-corrected chi connectivity index (χ2v) is 8.83. The van der Waals surface area contributed by atoms with Gasteiger partial charge in [-0.2, -0.15) is 4.31 Å². The number of sulfonamides is 1. The van der Waals surface area contributed by atoms with Gasteiger partial charge in [-0.05, 0) is 40.2 Å². The average molecular weight is 389 g/mol. The summed E-state index contributed by atoms with van der Waals surface area (Å²) in [7, 11) is -3.29. The van der Waals surface area contributed by atoms with E-state index in [9.17, 15) is 8.42 Å². The normalized spacial score (nSPS) is 20.1. The van der Waals surface area contributed by atoms with Gasteiger partial charge in [0.15, 0.2) is 0 Å². The second-order valence-electron chi connectivity index (χ2n) is 3.63. The summed E-state index contributed by atoms with van der Waals surface area (Å²) < 4.78 is 27.2. The van der Waals surface area contributed by atoms with Crippen LogP contribution in [0.1, 0.15) is 12.8 Å². The molecule has 16 heavy (non-hydrogen) atoms. The third-order valence-electron chi connectivity index (χ3n) is 2.54. The molecule has 0 bridgehead atoms. The Hall–Kier alpha value is 0.570. The van der Waals surface area contributed by atoms with Crippen molar-refractivity contribution in [2.45, 2.75) is 21.9 Å². The van der Waals surface area contributed by atoms with Crippen molar-refractivity contribution in [2.75, 3.05) is 13.1 Å². The lowest BCUT2D eigenvalue weighted by molar-refractivity contribution is 0.355. The molecule has 90 valence electrons. The quantitative estimate of drug-likeness (QED) is 0.730. The first-order valence-corrected chi connectivity index (χ1v) is 8.92. The van der Waals surface area contributed by atoms with E-state index in [1.807, 2.05) is 0 Å². The maximum absolute atomic E-state index is 12.3. The molecular formula is C9H11Br2NO2S2. The molecule has 0 aromatic carbocycles. The van der Waals surface area contributed by atoms with Crippen LogP contribution in [0.2, 0.25) is 0 Å². The van der Waals surface area contributed by atoms with Crippen LogP contribution in [0.3, 0.4) is 0 Å². The maximum Gasteiger partial charge on any atom is 0.253 e. The summed E-state index contributed by atoms with van der Waals surface area (Å²) in [4.78, 5) is 0.450. The average Bonchev–Trinajstić information content (AvgIpc) is 2.66. The molecule has 0 aliphatic carbocycles. The molecule has 0 saturated carbocycles. The van der Waals surface area contributed by atoms with Gasteiger partial charge in [-0.1, -0.05) is 15.9 Å². The Morgan fingerprint density at radius 3 is 2.50 bits per heavy atom. The largest absolute Gasteiger partial charge is 0.253 e. The first-order chi connectivity index (χ1) is 7.51. The summed E-state index contributed by atoms with van der Waals surface area (Å²) in [6, 6.07) is 1.77. The summed E-state index contributed by atoms with van der Waals surface area (Å²) in [5, 5.41) is 1.79. The minimum atomic E-state index is -3.29. The Morgan fingerprint density at radius 1 is 1.38 bits per heavy atom. The molecule has 0 radical (unpaired) electrons. The van der Waals surface area contributed by atoms with Gasteiger partial charge in [0.05, 0.1) is 0 Å². The fourth-order valence-corrected chi connectivity index (χ4v) is 5.97. The van der Waals surface area contributed by atoms with E-state index in [1.165, 1.54) is 11.3 Å². The summed E-state index contributed by atoms with van der Waals surface area (Å²) in [6.07, 6.45) is 1.75. The molecule has 1 aromatic rings. The zero-order valence-electron chi connectivity index (χ0n) is 8.40. The minimum Gasteiger partial charge on any atom is -0.206 e. The van der Waals surface area contributed by atoms with Crippen LogP contribution in [-0.4, -0.2) is 30.6 Å². The van der Waals surface area contributed by atoms with E-state index in [1.54, 1.807) is 15.8 Å². The van der Waals surface area contributed by atoms with Gasteiger partial charge in [0.25, 0.3) is 10.0 Å². The number of hydrogen-bond acceptors (Lipinski definition) is 3. The Morgan fingerprint density at radius 2 is 2.00 bits per heavy atom. The van der Waals surface area contributed by atoms with Crippen LogP contribution >= 0.6 is 43.2 Å². The van der Waals surface area contributed by atoms with Crippen LogP contribution in [0.5, 0.6) is 0 Å². The predicted octanol–water partition coefficient (Wildman–Crippen LogP) is 3.06. The highest BCUT2D eigenvalue weighted by atomic mass is 79.9. The van der Waals surface area contributed by atoms with Crippen molar-refractivity contribution in [1.29, 1.82) is 0 Å². The summed E-state index contributed by atoms with van der Waals surface area (Å²) in [6.45, 7) is 1.20. The van der Waals surface area contributed by atoms with E-state index < -0.39 is 10.0 Å². The highest BCUT2D eigenvalue weighted by Gasteiger charge is 2.30. The van der Waals surface area contributed by atoms with Gasteiger partial charge in [-0.3, -0.25) is 0 Å². The molecule has 0 N–H and O–H groups in total. The minimum absolute atomic E-state index is 0.417.